The summed E-state index contributed by atoms with van der Waals surface area (Å²) in [5, 5.41) is 0. The van der Waals surface area contributed by atoms with Crippen LogP contribution in [-0.2, 0) is 15.9 Å². The van der Waals surface area contributed by atoms with Crippen molar-refractivity contribution in [3.8, 4) is 11.5 Å². The molecule has 1 aliphatic carbocycles. The topological polar surface area (TPSA) is 36.9 Å². The molecule has 0 amide bonds. The monoisotopic (exact) mass is 440 g/mol. The van der Waals surface area contributed by atoms with E-state index in [2.05, 4.69) is 77.1 Å². The summed E-state index contributed by atoms with van der Waals surface area (Å²) in [5.41, 5.74) is 1.82. The second-order valence-electron chi connectivity index (χ2n) is 9.20. The third-order valence-electron chi connectivity index (χ3n) is 5.14. The lowest BCUT2D eigenvalue weighted by molar-refractivity contribution is -0.0160. The van der Waals surface area contributed by atoms with Gasteiger partial charge in [0, 0.05) is 0 Å². The highest BCUT2D eigenvalue weighted by atomic mass is 16.5. The van der Waals surface area contributed by atoms with Gasteiger partial charge in [0.1, 0.15) is 11.4 Å². The molecule has 2 rings (SSSR count). The molecule has 176 valence electrons. The Labute approximate surface area is 194 Å². The first kappa shape index (κ1) is 25.8. The Morgan fingerprint density at radius 2 is 1.62 bits per heavy atom. The molecule has 0 heterocycles. The minimum Gasteiger partial charge on any atom is -0.498 e. The fourth-order valence-corrected chi connectivity index (χ4v) is 3.30. The number of ether oxygens (including phenoxy) is 4. The number of methoxy groups -OCH3 is 2. The maximum absolute atomic E-state index is 6.16. The van der Waals surface area contributed by atoms with Crippen LogP contribution in [0.25, 0.3) is 0 Å². The number of allylic oxidation sites excluding steroid dienone is 6. The first-order valence-corrected chi connectivity index (χ1v) is 11.5. The van der Waals surface area contributed by atoms with Crippen LogP contribution >= 0.6 is 0 Å². The molecule has 0 aliphatic heterocycles. The number of rotatable bonds is 12. The molecule has 1 aromatic rings. The van der Waals surface area contributed by atoms with Crippen LogP contribution in [0.3, 0.4) is 0 Å². The molecule has 0 spiro atoms. The van der Waals surface area contributed by atoms with E-state index in [1.54, 1.807) is 14.2 Å². The molecule has 4 heteroatoms. The minimum atomic E-state index is -0.545. The first-order chi connectivity index (χ1) is 15.3. The first-order valence-electron chi connectivity index (χ1n) is 11.5. The zero-order valence-electron chi connectivity index (χ0n) is 20.8. The molecule has 0 N–H and O–H groups in total. The van der Waals surface area contributed by atoms with Crippen molar-refractivity contribution in [2.24, 2.45) is 11.8 Å². The van der Waals surface area contributed by atoms with E-state index >= 15 is 0 Å². The van der Waals surface area contributed by atoms with Crippen LogP contribution in [0.15, 0.2) is 66.0 Å². The fraction of sp³-hybridized carbons (Fsp3) is 0.500. The summed E-state index contributed by atoms with van der Waals surface area (Å²) in [6.07, 6.45) is 14.4. The average Bonchev–Trinajstić information content (AvgIpc) is 2.92. The van der Waals surface area contributed by atoms with Crippen LogP contribution in [0.5, 0.6) is 11.5 Å². The lowest BCUT2D eigenvalue weighted by Gasteiger charge is -2.29. The molecular weight excluding hydrogens is 400 g/mol. The van der Waals surface area contributed by atoms with Gasteiger partial charge in [-0.1, -0.05) is 58.1 Å². The number of benzene rings is 1. The third-order valence-corrected chi connectivity index (χ3v) is 5.14. The van der Waals surface area contributed by atoms with Gasteiger partial charge in [-0.25, -0.2) is 0 Å². The molecule has 0 aromatic heterocycles. The van der Waals surface area contributed by atoms with Gasteiger partial charge in [-0.15, -0.1) is 0 Å². The highest BCUT2D eigenvalue weighted by Crippen LogP contribution is 2.30. The van der Waals surface area contributed by atoms with Crippen molar-refractivity contribution in [1.29, 1.82) is 0 Å². The highest BCUT2D eigenvalue weighted by molar-refractivity contribution is 5.43. The lowest BCUT2D eigenvalue weighted by Crippen LogP contribution is -2.31. The van der Waals surface area contributed by atoms with Crippen LogP contribution in [0.2, 0.25) is 0 Å². The standard InChI is InChI=1S/C28H40O4/c1-21(2)19-31-25-15-14-24(17-26(25)29-6)12-9-8-11-23-13-10-16-28(5,27(18-23)30-7)32-20-22(3)4/h8-10,13-18,21-22H,11-12,19-20H2,1-7H3/b9-8-. The summed E-state index contributed by atoms with van der Waals surface area (Å²) in [5.74, 6) is 3.34. The number of hydrogen-bond donors (Lipinski definition) is 0. The molecule has 1 aromatic carbocycles. The highest BCUT2D eigenvalue weighted by Gasteiger charge is 2.29. The van der Waals surface area contributed by atoms with E-state index < -0.39 is 5.60 Å². The van der Waals surface area contributed by atoms with Crippen LogP contribution in [0.1, 0.15) is 46.6 Å². The van der Waals surface area contributed by atoms with E-state index in [4.69, 9.17) is 18.9 Å². The second kappa shape index (κ2) is 12.5. The largest absolute Gasteiger partial charge is 0.498 e. The average molecular weight is 441 g/mol. The van der Waals surface area contributed by atoms with Gasteiger partial charge in [0.25, 0.3) is 0 Å². The smallest absolute Gasteiger partial charge is 0.161 e. The van der Waals surface area contributed by atoms with E-state index in [1.807, 2.05) is 12.1 Å². The molecule has 1 unspecified atom stereocenters. The Balaban J connectivity index is 1.99. The van der Waals surface area contributed by atoms with Crippen molar-refractivity contribution in [2.45, 2.75) is 53.1 Å². The molecule has 32 heavy (non-hydrogen) atoms. The Morgan fingerprint density at radius 3 is 2.28 bits per heavy atom. The molecule has 0 bridgehead atoms. The normalized spacial score (nSPS) is 18.7. The van der Waals surface area contributed by atoms with Gasteiger partial charge in [0.05, 0.1) is 27.4 Å². The number of hydrogen-bond acceptors (Lipinski definition) is 4. The molecule has 4 nitrogen and oxygen atoms in total. The summed E-state index contributed by atoms with van der Waals surface area (Å²) in [7, 11) is 3.39. The summed E-state index contributed by atoms with van der Waals surface area (Å²) in [6, 6.07) is 6.14. The van der Waals surface area contributed by atoms with Crippen molar-refractivity contribution in [1.82, 2.24) is 0 Å². The van der Waals surface area contributed by atoms with E-state index in [-0.39, 0.29) is 0 Å². The van der Waals surface area contributed by atoms with Gasteiger partial charge in [-0.05, 0) is 67.0 Å². The predicted molar refractivity (Wildman–Crippen MR) is 132 cm³/mol. The van der Waals surface area contributed by atoms with Gasteiger partial charge in [-0.2, -0.15) is 0 Å². The third kappa shape index (κ3) is 7.90. The lowest BCUT2D eigenvalue weighted by atomic mass is 10.0. The maximum atomic E-state index is 6.16. The van der Waals surface area contributed by atoms with Gasteiger partial charge in [-0.3, -0.25) is 0 Å². The van der Waals surface area contributed by atoms with E-state index in [1.165, 1.54) is 11.1 Å². The molecule has 0 saturated carbocycles. The van der Waals surface area contributed by atoms with E-state index in [9.17, 15) is 0 Å². The maximum Gasteiger partial charge on any atom is 0.161 e. The Kier molecular flexibility index (Phi) is 10.1. The van der Waals surface area contributed by atoms with Crippen molar-refractivity contribution < 1.29 is 18.9 Å². The predicted octanol–water partition coefficient (Wildman–Crippen LogP) is 6.68. The van der Waals surface area contributed by atoms with Crippen molar-refractivity contribution in [3.05, 3.63) is 71.6 Å². The zero-order valence-corrected chi connectivity index (χ0v) is 20.8. The van der Waals surface area contributed by atoms with E-state index in [0.717, 1.165) is 30.1 Å². The van der Waals surface area contributed by atoms with Gasteiger partial charge >= 0.3 is 0 Å². The SMILES string of the molecule is COC1=CC(C/C=C\Cc2ccc(OCC(C)C)c(OC)c2)=CC=CC1(C)OCC(C)C. The molecular formula is C28H40O4. The van der Waals surface area contributed by atoms with Crippen molar-refractivity contribution in [3.63, 3.8) is 0 Å². The quantitative estimate of drug-likeness (QED) is 0.340. The summed E-state index contributed by atoms with van der Waals surface area (Å²) in [6.45, 7) is 12.0. The van der Waals surface area contributed by atoms with Crippen molar-refractivity contribution >= 4 is 0 Å². The molecule has 1 atom stereocenters. The summed E-state index contributed by atoms with van der Waals surface area (Å²) >= 11 is 0. The zero-order chi connectivity index (χ0) is 23.6. The van der Waals surface area contributed by atoms with Crippen LogP contribution in [0, 0.1) is 11.8 Å². The Morgan fingerprint density at radius 1 is 0.906 bits per heavy atom. The molecule has 0 saturated heterocycles. The van der Waals surface area contributed by atoms with Gasteiger partial charge < -0.3 is 18.9 Å². The molecule has 1 aliphatic rings. The minimum absolute atomic E-state index is 0.464. The summed E-state index contributed by atoms with van der Waals surface area (Å²) < 4.78 is 23.2. The summed E-state index contributed by atoms with van der Waals surface area (Å²) in [4.78, 5) is 0. The van der Waals surface area contributed by atoms with Gasteiger partial charge in [0.15, 0.2) is 11.5 Å². The fourth-order valence-electron chi connectivity index (χ4n) is 3.30. The van der Waals surface area contributed by atoms with Crippen LogP contribution < -0.4 is 9.47 Å². The van der Waals surface area contributed by atoms with E-state index in [0.29, 0.717) is 25.0 Å². The van der Waals surface area contributed by atoms with Crippen LogP contribution in [0.4, 0.5) is 0 Å². The molecule has 0 radical (unpaired) electrons. The van der Waals surface area contributed by atoms with Crippen LogP contribution in [-0.4, -0.2) is 33.0 Å². The second-order valence-corrected chi connectivity index (χ2v) is 9.20. The van der Waals surface area contributed by atoms with Crippen molar-refractivity contribution in [2.75, 3.05) is 27.4 Å². The van der Waals surface area contributed by atoms with Gasteiger partial charge in [0.2, 0.25) is 0 Å². The Bertz CT molecular complexity index is 845. The molecule has 0 fully saturated rings. The Hall–Kier alpha value is -2.46.